The summed E-state index contributed by atoms with van der Waals surface area (Å²) in [6.45, 7) is 6.05. The van der Waals surface area contributed by atoms with Gasteiger partial charge in [-0.2, -0.15) is 0 Å². The number of halogens is 1. The van der Waals surface area contributed by atoms with Crippen LogP contribution in [0, 0.1) is 11.7 Å². The van der Waals surface area contributed by atoms with Crippen LogP contribution in [-0.4, -0.2) is 53.7 Å². The number of anilines is 1. The van der Waals surface area contributed by atoms with Crippen LogP contribution in [0.2, 0.25) is 0 Å². The minimum absolute atomic E-state index is 0.0614. The van der Waals surface area contributed by atoms with E-state index in [4.69, 9.17) is 0 Å². The third kappa shape index (κ3) is 5.48. The van der Waals surface area contributed by atoms with Gasteiger partial charge in [-0.15, -0.1) is 0 Å². The van der Waals surface area contributed by atoms with Crippen LogP contribution in [0.5, 0.6) is 0 Å². The van der Waals surface area contributed by atoms with Crippen molar-refractivity contribution in [2.75, 3.05) is 31.5 Å². The molecule has 0 bridgehead atoms. The largest absolute Gasteiger partial charge is 0.339 e. The summed E-state index contributed by atoms with van der Waals surface area (Å²) in [6, 6.07) is 12.5. The highest BCUT2D eigenvalue weighted by Gasteiger charge is 2.28. The first kappa shape index (κ1) is 22.5. The molecule has 1 saturated heterocycles. The summed E-state index contributed by atoms with van der Waals surface area (Å²) in [5, 5.41) is 2.91. The molecule has 3 rings (SSSR count). The molecule has 1 heterocycles. The maximum Gasteiger partial charge on any atom is 0.253 e. The molecule has 0 radical (unpaired) electrons. The van der Waals surface area contributed by atoms with E-state index < -0.39 is 0 Å². The number of benzene rings is 2. The van der Waals surface area contributed by atoms with Crippen molar-refractivity contribution < 1.29 is 18.8 Å². The van der Waals surface area contributed by atoms with Gasteiger partial charge in [0.05, 0.1) is 0 Å². The number of nitrogens with one attached hydrogen (secondary N) is 1. The van der Waals surface area contributed by atoms with E-state index in [9.17, 15) is 18.8 Å². The summed E-state index contributed by atoms with van der Waals surface area (Å²) < 4.78 is 13.1. The number of nitrogens with zero attached hydrogens (tertiary/aromatic N) is 2. The van der Waals surface area contributed by atoms with E-state index >= 15 is 0 Å². The molecule has 0 aromatic heterocycles. The molecule has 164 valence electrons. The van der Waals surface area contributed by atoms with Crippen LogP contribution < -0.4 is 5.32 Å². The number of carbonyl (C=O) groups excluding carboxylic acids is 3. The van der Waals surface area contributed by atoms with Crippen LogP contribution in [0.3, 0.4) is 0 Å². The molecule has 2 aromatic carbocycles. The van der Waals surface area contributed by atoms with Crippen molar-refractivity contribution in [3.05, 3.63) is 65.5 Å². The lowest BCUT2D eigenvalue weighted by Gasteiger charge is -2.31. The topological polar surface area (TPSA) is 69.7 Å². The van der Waals surface area contributed by atoms with E-state index in [2.05, 4.69) is 5.32 Å². The third-order valence-corrected chi connectivity index (χ3v) is 5.67. The van der Waals surface area contributed by atoms with E-state index in [1.807, 2.05) is 13.8 Å². The SMILES string of the molecule is CCN(CC)C(=O)c1cccc(NC(=O)C2CCN(C(=O)c3ccc(F)cc3)CC2)c1. The number of amides is 3. The molecular weight excluding hydrogens is 397 g/mol. The Morgan fingerprint density at radius 3 is 2.26 bits per heavy atom. The van der Waals surface area contributed by atoms with Gasteiger partial charge in [-0.3, -0.25) is 14.4 Å². The van der Waals surface area contributed by atoms with Gasteiger partial charge >= 0.3 is 0 Å². The van der Waals surface area contributed by atoms with Crippen molar-refractivity contribution in [3.63, 3.8) is 0 Å². The summed E-state index contributed by atoms with van der Waals surface area (Å²) in [5.41, 5.74) is 1.58. The zero-order valence-electron chi connectivity index (χ0n) is 17.9. The van der Waals surface area contributed by atoms with Gasteiger partial charge < -0.3 is 15.1 Å². The molecule has 1 aliphatic heterocycles. The Balaban J connectivity index is 1.56. The fraction of sp³-hybridized carbons (Fsp3) is 0.375. The van der Waals surface area contributed by atoms with Gasteiger partial charge in [0.25, 0.3) is 11.8 Å². The summed E-state index contributed by atoms with van der Waals surface area (Å²) in [7, 11) is 0. The van der Waals surface area contributed by atoms with Crippen molar-refractivity contribution in [3.8, 4) is 0 Å². The molecule has 1 fully saturated rings. The molecule has 0 aliphatic carbocycles. The second-order valence-corrected chi connectivity index (χ2v) is 7.62. The van der Waals surface area contributed by atoms with Crippen molar-refractivity contribution in [2.45, 2.75) is 26.7 Å². The molecule has 0 spiro atoms. The molecule has 31 heavy (non-hydrogen) atoms. The first-order valence-corrected chi connectivity index (χ1v) is 10.7. The quantitative estimate of drug-likeness (QED) is 0.765. The number of carbonyl (C=O) groups is 3. The monoisotopic (exact) mass is 425 g/mol. The Labute approximate surface area is 182 Å². The van der Waals surface area contributed by atoms with Crippen LogP contribution in [0.1, 0.15) is 47.4 Å². The minimum Gasteiger partial charge on any atom is -0.339 e. The normalized spacial score (nSPS) is 14.2. The van der Waals surface area contributed by atoms with Crippen molar-refractivity contribution in [1.82, 2.24) is 9.80 Å². The Morgan fingerprint density at radius 1 is 1.00 bits per heavy atom. The predicted molar refractivity (Wildman–Crippen MR) is 117 cm³/mol. The first-order chi connectivity index (χ1) is 14.9. The standard InChI is InChI=1S/C24H28FN3O3/c1-3-27(4-2)24(31)19-6-5-7-21(16-19)26-22(29)17-12-14-28(15-13-17)23(30)18-8-10-20(25)11-9-18/h5-11,16-17H,3-4,12-15H2,1-2H3,(H,26,29). The number of piperidine rings is 1. The van der Waals surface area contributed by atoms with Crippen molar-refractivity contribution >= 4 is 23.4 Å². The molecule has 3 amide bonds. The molecule has 7 heteroatoms. The molecule has 0 unspecified atom stereocenters. The second-order valence-electron chi connectivity index (χ2n) is 7.62. The molecule has 1 N–H and O–H groups in total. The molecule has 1 aliphatic rings. The second kappa shape index (κ2) is 10.2. The van der Waals surface area contributed by atoms with Gasteiger partial charge in [0.15, 0.2) is 0 Å². The number of rotatable bonds is 6. The van der Waals surface area contributed by atoms with E-state index in [0.717, 1.165) is 0 Å². The third-order valence-electron chi connectivity index (χ3n) is 5.67. The minimum atomic E-state index is -0.380. The first-order valence-electron chi connectivity index (χ1n) is 10.7. The number of hydrogen-bond donors (Lipinski definition) is 1. The Hall–Kier alpha value is -3.22. The van der Waals surface area contributed by atoms with E-state index in [1.54, 1.807) is 34.1 Å². The maximum absolute atomic E-state index is 13.1. The number of hydrogen-bond acceptors (Lipinski definition) is 3. The lowest BCUT2D eigenvalue weighted by atomic mass is 9.95. The van der Waals surface area contributed by atoms with Crippen LogP contribution in [0.15, 0.2) is 48.5 Å². The lowest BCUT2D eigenvalue weighted by molar-refractivity contribution is -0.121. The average Bonchev–Trinajstić information content (AvgIpc) is 2.80. The highest BCUT2D eigenvalue weighted by atomic mass is 19.1. The van der Waals surface area contributed by atoms with Crippen LogP contribution in [0.4, 0.5) is 10.1 Å². The fourth-order valence-electron chi connectivity index (χ4n) is 3.79. The summed E-state index contributed by atoms with van der Waals surface area (Å²) in [4.78, 5) is 41.2. The van der Waals surface area contributed by atoms with Crippen LogP contribution in [-0.2, 0) is 4.79 Å². The molecule has 0 atom stereocenters. The predicted octanol–water partition coefficient (Wildman–Crippen LogP) is 3.80. The molecule has 2 aromatic rings. The van der Waals surface area contributed by atoms with Crippen LogP contribution in [0.25, 0.3) is 0 Å². The van der Waals surface area contributed by atoms with E-state index in [0.29, 0.717) is 55.8 Å². The van der Waals surface area contributed by atoms with Crippen LogP contribution >= 0.6 is 0 Å². The smallest absolute Gasteiger partial charge is 0.253 e. The molecule has 0 saturated carbocycles. The zero-order valence-corrected chi connectivity index (χ0v) is 17.9. The van der Waals surface area contributed by atoms with Gasteiger partial charge in [-0.05, 0) is 69.2 Å². The summed E-state index contributed by atoms with van der Waals surface area (Å²) in [6.07, 6.45) is 1.10. The van der Waals surface area contributed by atoms with Gasteiger partial charge in [-0.25, -0.2) is 4.39 Å². The van der Waals surface area contributed by atoms with Gasteiger partial charge in [0, 0.05) is 48.9 Å². The highest BCUT2D eigenvalue weighted by Crippen LogP contribution is 2.22. The Bertz CT molecular complexity index is 933. The Morgan fingerprint density at radius 2 is 1.65 bits per heavy atom. The van der Waals surface area contributed by atoms with Crippen molar-refractivity contribution in [1.29, 1.82) is 0 Å². The van der Waals surface area contributed by atoms with Crippen molar-refractivity contribution in [2.24, 2.45) is 5.92 Å². The highest BCUT2D eigenvalue weighted by molar-refractivity contribution is 5.98. The van der Waals surface area contributed by atoms with E-state index in [-0.39, 0.29) is 29.5 Å². The van der Waals surface area contributed by atoms with Gasteiger partial charge in [0.2, 0.25) is 5.91 Å². The summed E-state index contributed by atoms with van der Waals surface area (Å²) >= 11 is 0. The van der Waals surface area contributed by atoms with Gasteiger partial charge in [0.1, 0.15) is 5.82 Å². The van der Waals surface area contributed by atoms with Gasteiger partial charge in [-0.1, -0.05) is 6.07 Å². The number of likely N-dealkylation sites (tertiary alicyclic amines) is 1. The molecule has 6 nitrogen and oxygen atoms in total. The summed E-state index contributed by atoms with van der Waals surface area (Å²) in [5.74, 6) is -0.911. The maximum atomic E-state index is 13.1. The average molecular weight is 426 g/mol. The Kier molecular flexibility index (Phi) is 7.39. The fourth-order valence-corrected chi connectivity index (χ4v) is 3.79. The lowest BCUT2D eigenvalue weighted by Crippen LogP contribution is -2.41. The zero-order chi connectivity index (χ0) is 22.4. The molecular formula is C24H28FN3O3. The van der Waals surface area contributed by atoms with E-state index in [1.165, 1.54) is 24.3 Å².